The van der Waals surface area contributed by atoms with E-state index in [2.05, 4.69) is 20.8 Å². The summed E-state index contributed by atoms with van der Waals surface area (Å²) < 4.78 is 25.9. The first-order valence-electron chi connectivity index (χ1n) is 8.06. The maximum atomic E-state index is 12.3. The summed E-state index contributed by atoms with van der Waals surface area (Å²) in [6.45, 7) is 0.240. The Morgan fingerprint density at radius 3 is 2.63 bits per heavy atom. The summed E-state index contributed by atoms with van der Waals surface area (Å²) in [6, 6.07) is 14.7. The zero-order chi connectivity index (χ0) is 19.3. The van der Waals surface area contributed by atoms with E-state index in [1.54, 1.807) is 48.5 Å². The molecule has 1 N–H and O–H groups in total. The van der Waals surface area contributed by atoms with Gasteiger partial charge in [0, 0.05) is 17.1 Å². The lowest BCUT2D eigenvalue weighted by molar-refractivity contribution is 0.102. The number of nitrogens with zero attached hydrogens (tertiary/aromatic N) is 4. The summed E-state index contributed by atoms with van der Waals surface area (Å²) in [4.78, 5) is 12.5. The van der Waals surface area contributed by atoms with Crippen LogP contribution in [0.1, 0.15) is 16.8 Å². The molecule has 0 bridgehead atoms. The second kappa shape index (κ2) is 8.28. The number of anilines is 1. The quantitative estimate of drug-likeness (QED) is 0.647. The molecule has 0 fully saturated rings. The predicted octanol–water partition coefficient (Wildman–Crippen LogP) is 2.44. The fourth-order valence-electron chi connectivity index (χ4n) is 2.40. The predicted molar refractivity (Wildman–Crippen MR) is 100 cm³/mol. The number of hydrogen-bond donors (Lipinski definition) is 1. The van der Waals surface area contributed by atoms with Gasteiger partial charge in [0.1, 0.15) is 0 Å². The van der Waals surface area contributed by atoms with Crippen LogP contribution in [0.25, 0.3) is 0 Å². The second-order valence-electron chi connectivity index (χ2n) is 5.68. The Morgan fingerprint density at radius 1 is 1.11 bits per heavy atom. The molecule has 1 aromatic heterocycles. The van der Waals surface area contributed by atoms with E-state index >= 15 is 0 Å². The van der Waals surface area contributed by atoms with Crippen molar-refractivity contribution in [2.45, 2.75) is 17.9 Å². The summed E-state index contributed by atoms with van der Waals surface area (Å²) >= 11 is 5.88. The number of rotatable bonds is 7. The average molecular weight is 406 g/mol. The fraction of sp³-hybridized carbons (Fsp3) is 0.176. The number of carbonyl (C=O) groups is 1. The molecule has 140 valence electrons. The molecule has 0 saturated heterocycles. The van der Waals surface area contributed by atoms with E-state index in [1.165, 1.54) is 10.7 Å². The van der Waals surface area contributed by atoms with Crippen LogP contribution in [0.3, 0.4) is 0 Å². The fourth-order valence-corrected chi connectivity index (χ4v) is 3.91. The molecule has 0 aliphatic heterocycles. The van der Waals surface area contributed by atoms with Crippen molar-refractivity contribution in [2.24, 2.45) is 0 Å². The van der Waals surface area contributed by atoms with E-state index in [9.17, 15) is 13.2 Å². The molecule has 0 unspecified atom stereocenters. The van der Waals surface area contributed by atoms with Crippen molar-refractivity contribution in [2.75, 3.05) is 11.1 Å². The van der Waals surface area contributed by atoms with Crippen molar-refractivity contribution < 1.29 is 13.2 Å². The lowest BCUT2D eigenvalue weighted by atomic mass is 10.2. The lowest BCUT2D eigenvalue weighted by Gasteiger charge is -2.07. The minimum atomic E-state index is -3.38. The molecular formula is C17H16ClN5O3S. The summed E-state index contributed by atoms with van der Waals surface area (Å²) in [5.41, 5.74) is 0.365. The Labute approximate surface area is 161 Å². The number of amides is 1. The van der Waals surface area contributed by atoms with Crippen molar-refractivity contribution in [3.05, 3.63) is 65.2 Å². The highest BCUT2D eigenvalue weighted by Gasteiger charge is 2.16. The number of nitrogens with one attached hydrogen (secondary N) is 1. The monoisotopic (exact) mass is 405 g/mol. The Kier molecular flexibility index (Phi) is 5.82. The van der Waals surface area contributed by atoms with Gasteiger partial charge in [-0.3, -0.25) is 10.1 Å². The molecule has 8 nitrogen and oxygen atoms in total. The second-order valence-corrected chi connectivity index (χ2v) is 8.22. The highest BCUT2D eigenvalue weighted by atomic mass is 35.5. The Bertz CT molecular complexity index is 1040. The van der Waals surface area contributed by atoms with Gasteiger partial charge < -0.3 is 0 Å². The Hall–Kier alpha value is -2.78. The highest BCUT2D eigenvalue weighted by Crippen LogP contribution is 2.14. The number of tetrazole rings is 1. The zero-order valence-corrected chi connectivity index (χ0v) is 15.7. The third-order valence-electron chi connectivity index (χ3n) is 3.73. The van der Waals surface area contributed by atoms with Crippen LogP contribution in [0.4, 0.5) is 5.95 Å². The first-order chi connectivity index (χ1) is 13.0. The SMILES string of the molecule is O=C(Nc1nnnn1CCCS(=O)(=O)c1ccccc1)c1cccc(Cl)c1. The van der Waals surface area contributed by atoms with Crippen LogP contribution in [-0.2, 0) is 16.4 Å². The number of aromatic nitrogens is 4. The van der Waals surface area contributed by atoms with Crippen LogP contribution in [0.5, 0.6) is 0 Å². The molecule has 0 aliphatic rings. The van der Waals surface area contributed by atoms with Gasteiger partial charge in [-0.25, -0.2) is 13.1 Å². The molecule has 1 heterocycles. The molecule has 27 heavy (non-hydrogen) atoms. The van der Waals surface area contributed by atoms with E-state index < -0.39 is 15.7 Å². The first-order valence-corrected chi connectivity index (χ1v) is 10.1. The zero-order valence-electron chi connectivity index (χ0n) is 14.1. The van der Waals surface area contributed by atoms with E-state index in [0.29, 0.717) is 17.0 Å². The van der Waals surface area contributed by atoms with Crippen LogP contribution >= 0.6 is 11.6 Å². The van der Waals surface area contributed by atoms with Gasteiger partial charge >= 0.3 is 0 Å². The van der Waals surface area contributed by atoms with Crippen molar-refractivity contribution in [1.29, 1.82) is 0 Å². The third-order valence-corrected chi connectivity index (χ3v) is 5.78. The molecular weight excluding hydrogens is 390 g/mol. The van der Waals surface area contributed by atoms with Crippen LogP contribution in [0, 0.1) is 0 Å². The minimum Gasteiger partial charge on any atom is -0.289 e. The summed E-state index contributed by atoms with van der Waals surface area (Å²) in [5, 5.41) is 14.1. The maximum absolute atomic E-state index is 12.3. The standard InChI is InChI=1S/C17H16ClN5O3S/c18-14-7-4-6-13(12-14)16(24)19-17-20-21-22-23(17)10-5-11-27(25,26)15-8-2-1-3-9-15/h1-4,6-9,12H,5,10-11H2,(H,19,20,22,24). The number of benzene rings is 2. The summed E-state index contributed by atoms with van der Waals surface area (Å²) in [5.74, 6) is -0.332. The first kappa shape index (κ1) is 19.0. The molecule has 3 aromatic rings. The van der Waals surface area contributed by atoms with Gasteiger partial charge in [-0.15, -0.1) is 0 Å². The van der Waals surface area contributed by atoms with Gasteiger partial charge in [-0.05, 0) is 47.2 Å². The Morgan fingerprint density at radius 2 is 1.89 bits per heavy atom. The topological polar surface area (TPSA) is 107 Å². The smallest absolute Gasteiger partial charge is 0.258 e. The van der Waals surface area contributed by atoms with Gasteiger partial charge in [-0.1, -0.05) is 41.0 Å². The molecule has 0 spiro atoms. The van der Waals surface area contributed by atoms with Crippen LogP contribution in [0.2, 0.25) is 5.02 Å². The van der Waals surface area contributed by atoms with Crippen molar-refractivity contribution in [1.82, 2.24) is 20.2 Å². The average Bonchev–Trinajstić information content (AvgIpc) is 3.09. The normalized spacial score (nSPS) is 11.3. The summed E-state index contributed by atoms with van der Waals surface area (Å²) in [6.07, 6.45) is 0.294. The van der Waals surface area contributed by atoms with E-state index in [0.717, 1.165) is 0 Å². The van der Waals surface area contributed by atoms with Gasteiger partial charge in [0.25, 0.3) is 5.91 Å². The Balaban J connectivity index is 1.61. The molecule has 3 rings (SSSR count). The molecule has 0 aliphatic carbocycles. The van der Waals surface area contributed by atoms with Gasteiger partial charge in [0.15, 0.2) is 9.84 Å². The molecule has 2 aromatic carbocycles. The van der Waals surface area contributed by atoms with Crippen LogP contribution in [0.15, 0.2) is 59.5 Å². The molecule has 0 atom stereocenters. The molecule has 1 amide bonds. The van der Waals surface area contributed by atoms with Crippen molar-refractivity contribution >= 4 is 33.3 Å². The maximum Gasteiger partial charge on any atom is 0.258 e. The van der Waals surface area contributed by atoms with E-state index in [1.807, 2.05) is 0 Å². The number of carbonyl (C=O) groups excluding carboxylic acids is 1. The minimum absolute atomic E-state index is 0.0570. The summed E-state index contributed by atoms with van der Waals surface area (Å²) in [7, 11) is -3.38. The van der Waals surface area contributed by atoms with E-state index in [4.69, 9.17) is 11.6 Å². The molecule has 0 radical (unpaired) electrons. The third kappa shape index (κ3) is 4.89. The van der Waals surface area contributed by atoms with Crippen LogP contribution in [-0.4, -0.2) is 40.3 Å². The number of halogens is 1. The van der Waals surface area contributed by atoms with Crippen molar-refractivity contribution in [3.8, 4) is 0 Å². The number of hydrogen-bond acceptors (Lipinski definition) is 6. The van der Waals surface area contributed by atoms with Crippen LogP contribution < -0.4 is 5.32 Å². The van der Waals surface area contributed by atoms with Gasteiger partial charge in [0.05, 0.1) is 10.6 Å². The number of sulfone groups is 1. The molecule has 0 saturated carbocycles. The van der Waals surface area contributed by atoms with Gasteiger partial charge in [0.2, 0.25) is 5.95 Å². The number of aryl methyl sites for hydroxylation is 1. The van der Waals surface area contributed by atoms with Gasteiger partial charge in [-0.2, -0.15) is 0 Å². The lowest BCUT2D eigenvalue weighted by Crippen LogP contribution is -2.17. The molecule has 10 heteroatoms. The van der Waals surface area contributed by atoms with Crippen molar-refractivity contribution in [3.63, 3.8) is 0 Å². The highest BCUT2D eigenvalue weighted by molar-refractivity contribution is 7.91. The van der Waals surface area contributed by atoms with E-state index in [-0.39, 0.29) is 23.1 Å². The largest absolute Gasteiger partial charge is 0.289 e.